The van der Waals surface area contributed by atoms with Crippen LogP contribution in [0.4, 0.5) is 5.69 Å². The average molecular weight is 295 g/mol. The lowest BCUT2D eigenvalue weighted by molar-refractivity contribution is 0.0950. The number of rotatable bonds is 4. The second-order valence-electron chi connectivity index (χ2n) is 4.24. The molecule has 0 aliphatic carbocycles. The molecule has 0 aliphatic heterocycles. The van der Waals surface area contributed by atoms with Gasteiger partial charge in [0.2, 0.25) is 0 Å². The summed E-state index contributed by atoms with van der Waals surface area (Å²) < 4.78 is 27.6. The quantitative estimate of drug-likeness (QED) is 0.798. The summed E-state index contributed by atoms with van der Waals surface area (Å²) in [5.41, 5.74) is 6.56. The van der Waals surface area contributed by atoms with Gasteiger partial charge < -0.3 is 15.6 Å². The molecule has 1 aromatic heterocycles. The van der Waals surface area contributed by atoms with Gasteiger partial charge in [-0.05, 0) is 18.2 Å². The second-order valence-corrected chi connectivity index (χ2v) is 6.25. The number of nitrogens with two attached hydrogens (primary N) is 1. The van der Waals surface area contributed by atoms with Gasteiger partial charge >= 0.3 is 0 Å². The Hall–Kier alpha value is -2.35. The summed E-state index contributed by atoms with van der Waals surface area (Å²) in [6.45, 7) is 0.179. The highest BCUT2D eigenvalue weighted by molar-refractivity contribution is 7.90. The van der Waals surface area contributed by atoms with Crippen molar-refractivity contribution in [3.8, 4) is 0 Å². The highest BCUT2D eigenvalue weighted by Gasteiger charge is 2.13. The Bertz CT molecular complexity index is 723. The van der Waals surface area contributed by atoms with Gasteiger partial charge in [-0.2, -0.15) is 0 Å². The first-order valence-electron chi connectivity index (χ1n) is 5.64. The van der Waals surface area contributed by atoms with E-state index in [0.717, 1.165) is 6.26 Å². The largest absolute Gasteiger partial charge is 0.399 e. The van der Waals surface area contributed by atoms with Gasteiger partial charge in [0, 0.05) is 23.6 Å². The molecule has 8 heteroatoms. The zero-order chi connectivity index (χ0) is 14.8. The van der Waals surface area contributed by atoms with Crippen LogP contribution in [0.2, 0.25) is 0 Å². The molecule has 0 aliphatic rings. The number of carbonyl (C=O) groups excluding carboxylic acids is 1. The Morgan fingerprint density at radius 1 is 1.40 bits per heavy atom. The van der Waals surface area contributed by atoms with Crippen molar-refractivity contribution in [1.82, 2.24) is 10.5 Å². The van der Waals surface area contributed by atoms with E-state index in [-0.39, 0.29) is 22.7 Å². The van der Waals surface area contributed by atoms with Gasteiger partial charge in [0.05, 0.1) is 11.4 Å². The summed E-state index contributed by atoms with van der Waals surface area (Å²) in [5.74, 6) is -0.440. The van der Waals surface area contributed by atoms with Crippen LogP contribution in [0, 0.1) is 0 Å². The number of benzene rings is 1. The molecule has 0 saturated heterocycles. The first kappa shape index (κ1) is 14.1. The van der Waals surface area contributed by atoms with Gasteiger partial charge in [0.1, 0.15) is 12.0 Å². The molecule has 0 unspecified atom stereocenters. The number of anilines is 1. The van der Waals surface area contributed by atoms with Crippen molar-refractivity contribution in [3.05, 3.63) is 41.8 Å². The predicted molar refractivity (Wildman–Crippen MR) is 71.6 cm³/mol. The maximum Gasteiger partial charge on any atom is 0.251 e. The number of sulfone groups is 1. The minimum Gasteiger partial charge on any atom is -0.399 e. The van der Waals surface area contributed by atoms with Crippen LogP contribution in [0.5, 0.6) is 0 Å². The summed E-state index contributed by atoms with van der Waals surface area (Å²) in [4.78, 5) is 12.0. The zero-order valence-corrected chi connectivity index (χ0v) is 11.5. The standard InChI is InChI=1S/C12H13N3O4S/c1-20(17,18)11-5-8(4-9(13)6-11)12(16)14-7-10-2-3-19-15-10/h2-6H,7,13H2,1H3,(H,14,16). The first-order chi connectivity index (χ1) is 9.36. The molecule has 1 amide bonds. The van der Waals surface area contributed by atoms with Crippen molar-refractivity contribution in [2.24, 2.45) is 0 Å². The number of hydrogen-bond acceptors (Lipinski definition) is 6. The monoisotopic (exact) mass is 295 g/mol. The molecule has 7 nitrogen and oxygen atoms in total. The minimum absolute atomic E-state index is 0.00378. The molecule has 0 atom stereocenters. The molecular formula is C12H13N3O4S. The normalized spacial score (nSPS) is 11.2. The number of aromatic nitrogens is 1. The first-order valence-corrected chi connectivity index (χ1v) is 7.53. The van der Waals surface area contributed by atoms with Crippen LogP contribution < -0.4 is 11.1 Å². The van der Waals surface area contributed by atoms with Crippen molar-refractivity contribution in [1.29, 1.82) is 0 Å². The average Bonchev–Trinajstić information content (AvgIpc) is 2.87. The number of carbonyl (C=O) groups is 1. The summed E-state index contributed by atoms with van der Waals surface area (Å²) in [7, 11) is -3.43. The van der Waals surface area contributed by atoms with E-state index >= 15 is 0 Å². The third kappa shape index (κ3) is 3.35. The summed E-state index contributed by atoms with van der Waals surface area (Å²) in [6.07, 6.45) is 2.45. The van der Waals surface area contributed by atoms with E-state index in [4.69, 9.17) is 5.73 Å². The molecule has 0 spiro atoms. The molecule has 2 rings (SSSR count). The van der Waals surface area contributed by atoms with Crippen molar-refractivity contribution in [3.63, 3.8) is 0 Å². The van der Waals surface area contributed by atoms with Crippen molar-refractivity contribution in [2.75, 3.05) is 12.0 Å². The van der Waals surface area contributed by atoms with Gasteiger partial charge in [-0.3, -0.25) is 4.79 Å². The molecular weight excluding hydrogens is 282 g/mol. The van der Waals surface area contributed by atoms with E-state index in [0.29, 0.717) is 5.69 Å². The van der Waals surface area contributed by atoms with Gasteiger partial charge in [0.25, 0.3) is 5.91 Å². The van der Waals surface area contributed by atoms with Crippen molar-refractivity contribution < 1.29 is 17.7 Å². The van der Waals surface area contributed by atoms with E-state index in [2.05, 4.69) is 15.0 Å². The van der Waals surface area contributed by atoms with Crippen LogP contribution in [0.15, 0.2) is 39.9 Å². The lowest BCUT2D eigenvalue weighted by Crippen LogP contribution is -2.23. The highest BCUT2D eigenvalue weighted by Crippen LogP contribution is 2.16. The number of nitrogen functional groups attached to an aromatic ring is 1. The van der Waals surface area contributed by atoms with E-state index in [1.54, 1.807) is 6.07 Å². The fraction of sp³-hybridized carbons (Fsp3) is 0.167. The Morgan fingerprint density at radius 3 is 2.75 bits per heavy atom. The zero-order valence-electron chi connectivity index (χ0n) is 10.7. The second kappa shape index (κ2) is 5.33. The number of nitrogens with one attached hydrogen (secondary N) is 1. The van der Waals surface area contributed by atoms with E-state index in [1.165, 1.54) is 24.5 Å². The van der Waals surface area contributed by atoms with E-state index in [1.807, 2.05) is 0 Å². The van der Waals surface area contributed by atoms with E-state index in [9.17, 15) is 13.2 Å². The molecule has 0 bridgehead atoms. The lowest BCUT2D eigenvalue weighted by Gasteiger charge is -2.06. The van der Waals surface area contributed by atoms with Crippen LogP contribution in [0.3, 0.4) is 0 Å². The molecule has 0 fully saturated rings. The molecule has 3 N–H and O–H groups in total. The highest BCUT2D eigenvalue weighted by atomic mass is 32.2. The Balaban J connectivity index is 2.19. The maximum absolute atomic E-state index is 12.0. The summed E-state index contributed by atoms with van der Waals surface area (Å²) in [5, 5.41) is 6.24. The third-order valence-electron chi connectivity index (χ3n) is 2.54. The van der Waals surface area contributed by atoms with Gasteiger partial charge in [0.15, 0.2) is 9.84 Å². The summed E-state index contributed by atoms with van der Waals surface area (Å²) >= 11 is 0. The number of hydrogen-bond donors (Lipinski definition) is 2. The number of amides is 1. The fourth-order valence-corrected chi connectivity index (χ4v) is 2.26. The molecule has 1 aromatic carbocycles. The molecule has 106 valence electrons. The Morgan fingerprint density at radius 2 is 2.15 bits per heavy atom. The smallest absolute Gasteiger partial charge is 0.251 e. The van der Waals surface area contributed by atoms with E-state index < -0.39 is 15.7 Å². The van der Waals surface area contributed by atoms with Crippen LogP contribution in [0.25, 0.3) is 0 Å². The van der Waals surface area contributed by atoms with Crippen LogP contribution in [-0.2, 0) is 16.4 Å². The Kier molecular flexibility index (Phi) is 3.75. The molecule has 1 heterocycles. The summed E-state index contributed by atoms with van der Waals surface area (Å²) in [6, 6.07) is 5.61. The van der Waals surface area contributed by atoms with Gasteiger partial charge in [-0.25, -0.2) is 8.42 Å². The number of nitrogens with zero attached hydrogens (tertiary/aromatic N) is 1. The van der Waals surface area contributed by atoms with Gasteiger partial charge in [-0.15, -0.1) is 0 Å². The topological polar surface area (TPSA) is 115 Å². The third-order valence-corrected chi connectivity index (χ3v) is 3.63. The van der Waals surface area contributed by atoms with Crippen molar-refractivity contribution >= 4 is 21.4 Å². The van der Waals surface area contributed by atoms with Crippen LogP contribution in [-0.4, -0.2) is 25.7 Å². The molecule has 0 radical (unpaired) electrons. The predicted octanol–water partition coefficient (Wildman–Crippen LogP) is 0.590. The van der Waals surface area contributed by atoms with Crippen LogP contribution in [0.1, 0.15) is 16.1 Å². The maximum atomic E-state index is 12.0. The molecule has 20 heavy (non-hydrogen) atoms. The SMILES string of the molecule is CS(=O)(=O)c1cc(N)cc(C(=O)NCc2ccon2)c1. The fourth-order valence-electron chi connectivity index (χ4n) is 1.57. The minimum atomic E-state index is -3.43. The Labute approximate surface area is 115 Å². The lowest BCUT2D eigenvalue weighted by atomic mass is 10.2. The molecule has 0 saturated carbocycles. The van der Waals surface area contributed by atoms with Crippen molar-refractivity contribution in [2.45, 2.75) is 11.4 Å². The molecule has 2 aromatic rings. The van der Waals surface area contributed by atoms with Crippen LogP contribution >= 0.6 is 0 Å². The van der Waals surface area contributed by atoms with Gasteiger partial charge in [-0.1, -0.05) is 5.16 Å².